The Morgan fingerprint density at radius 2 is 2.33 bits per heavy atom. The normalized spacial score (nSPS) is 20.6. The summed E-state index contributed by atoms with van der Waals surface area (Å²) < 4.78 is 1.86. The van der Waals surface area contributed by atoms with Crippen molar-refractivity contribution in [2.45, 2.75) is 33.1 Å². The van der Waals surface area contributed by atoms with Crippen LogP contribution in [-0.2, 0) is 6.42 Å². The van der Waals surface area contributed by atoms with Crippen LogP contribution in [0.5, 0.6) is 0 Å². The molecule has 1 saturated heterocycles. The Balaban J connectivity index is 2.05. The van der Waals surface area contributed by atoms with Gasteiger partial charge in [-0.25, -0.2) is 4.98 Å². The second kappa shape index (κ2) is 4.55. The number of aromatic nitrogens is 4. The smallest absolute Gasteiger partial charge is 0.254 e. The van der Waals surface area contributed by atoms with Crippen LogP contribution in [-0.4, -0.2) is 32.7 Å². The lowest BCUT2D eigenvalue weighted by Crippen LogP contribution is -2.35. The molecule has 0 spiro atoms. The van der Waals surface area contributed by atoms with Crippen LogP contribution in [0.15, 0.2) is 12.4 Å². The monoisotopic (exact) mass is 245 g/mol. The lowest BCUT2D eigenvalue weighted by molar-refractivity contribution is 0.442. The topological polar surface area (TPSA) is 46.3 Å². The highest BCUT2D eigenvalue weighted by Crippen LogP contribution is 2.23. The Labute approximate surface area is 107 Å². The highest BCUT2D eigenvalue weighted by atomic mass is 15.4. The molecule has 0 saturated carbocycles. The van der Waals surface area contributed by atoms with Gasteiger partial charge in [0.05, 0.1) is 0 Å². The summed E-state index contributed by atoms with van der Waals surface area (Å²) in [5.74, 6) is 2.60. The molecular formula is C13H19N5. The van der Waals surface area contributed by atoms with Gasteiger partial charge in [0, 0.05) is 24.8 Å². The summed E-state index contributed by atoms with van der Waals surface area (Å²) in [5.41, 5.74) is 1.09. The number of rotatable bonds is 2. The van der Waals surface area contributed by atoms with Gasteiger partial charge in [0.15, 0.2) is 0 Å². The van der Waals surface area contributed by atoms with Gasteiger partial charge in [-0.15, -0.1) is 0 Å². The molecule has 0 N–H and O–H groups in total. The molecule has 1 aliphatic heterocycles. The zero-order valence-corrected chi connectivity index (χ0v) is 11.0. The second-order valence-electron chi connectivity index (χ2n) is 5.12. The van der Waals surface area contributed by atoms with Crippen LogP contribution >= 0.6 is 0 Å². The Bertz CT molecular complexity index is 547. The van der Waals surface area contributed by atoms with E-state index in [1.165, 1.54) is 12.8 Å². The van der Waals surface area contributed by atoms with E-state index in [2.05, 4.69) is 39.9 Å². The maximum Gasteiger partial charge on any atom is 0.254 e. The average molecular weight is 245 g/mol. The molecule has 0 aliphatic carbocycles. The van der Waals surface area contributed by atoms with Gasteiger partial charge in [-0.05, 0) is 25.2 Å². The molecular weight excluding hydrogens is 226 g/mol. The van der Waals surface area contributed by atoms with E-state index < -0.39 is 0 Å². The van der Waals surface area contributed by atoms with Crippen molar-refractivity contribution in [3.63, 3.8) is 0 Å². The first kappa shape index (κ1) is 11.4. The predicted octanol–water partition coefficient (Wildman–Crippen LogP) is 1.92. The lowest BCUT2D eigenvalue weighted by Gasteiger charge is -2.32. The van der Waals surface area contributed by atoms with Crippen molar-refractivity contribution < 1.29 is 0 Å². The first-order valence-corrected chi connectivity index (χ1v) is 6.72. The van der Waals surface area contributed by atoms with Gasteiger partial charge in [0.2, 0.25) is 0 Å². The molecule has 3 rings (SSSR count). The SMILES string of the molecule is CCc1cc(N2CCCC(C)C2)n2ncnc2n1. The van der Waals surface area contributed by atoms with Crippen molar-refractivity contribution >= 4 is 11.6 Å². The minimum atomic E-state index is 0.711. The summed E-state index contributed by atoms with van der Waals surface area (Å²) >= 11 is 0. The zero-order valence-electron chi connectivity index (χ0n) is 11.0. The molecule has 5 heteroatoms. The molecule has 1 fully saturated rings. The van der Waals surface area contributed by atoms with E-state index in [0.29, 0.717) is 5.78 Å². The fraction of sp³-hybridized carbons (Fsp3) is 0.615. The highest BCUT2D eigenvalue weighted by molar-refractivity contribution is 5.47. The summed E-state index contributed by atoms with van der Waals surface area (Å²) in [6, 6.07) is 2.15. The first-order chi connectivity index (χ1) is 8.78. The van der Waals surface area contributed by atoms with E-state index in [1.54, 1.807) is 6.33 Å². The van der Waals surface area contributed by atoms with Crippen LogP contribution < -0.4 is 4.90 Å². The van der Waals surface area contributed by atoms with Gasteiger partial charge >= 0.3 is 0 Å². The average Bonchev–Trinajstić information content (AvgIpc) is 2.85. The molecule has 5 nitrogen and oxygen atoms in total. The number of piperidine rings is 1. The standard InChI is InChI=1S/C13H19N5/c1-3-11-7-12(17-6-4-5-10(2)8-17)18-13(16-11)14-9-15-18/h7,9-10H,3-6,8H2,1-2H3. The van der Waals surface area contributed by atoms with Crippen LogP contribution in [0, 0.1) is 5.92 Å². The molecule has 0 bridgehead atoms. The van der Waals surface area contributed by atoms with Crippen LogP contribution in [0.1, 0.15) is 32.4 Å². The van der Waals surface area contributed by atoms with Crippen LogP contribution in [0.25, 0.3) is 5.78 Å². The van der Waals surface area contributed by atoms with Crippen molar-refractivity contribution in [3.05, 3.63) is 18.1 Å². The quantitative estimate of drug-likeness (QED) is 0.811. The molecule has 2 aromatic heterocycles. The summed E-state index contributed by atoms with van der Waals surface area (Å²) in [7, 11) is 0. The molecule has 3 heterocycles. The fourth-order valence-corrected chi connectivity index (χ4v) is 2.65. The van der Waals surface area contributed by atoms with Crippen molar-refractivity contribution in [1.82, 2.24) is 19.6 Å². The Hall–Kier alpha value is -1.65. The summed E-state index contributed by atoms with van der Waals surface area (Å²) in [6.07, 6.45) is 5.09. The summed E-state index contributed by atoms with van der Waals surface area (Å²) in [4.78, 5) is 11.1. The second-order valence-corrected chi connectivity index (χ2v) is 5.12. The Kier molecular flexibility index (Phi) is 2.89. The fourth-order valence-electron chi connectivity index (χ4n) is 2.65. The molecule has 96 valence electrons. The van der Waals surface area contributed by atoms with E-state index in [1.807, 2.05) is 4.52 Å². The van der Waals surface area contributed by atoms with Gasteiger partial charge in [-0.3, -0.25) is 0 Å². The maximum absolute atomic E-state index is 4.49. The van der Waals surface area contributed by atoms with Crippen LogP contribution in [0.4, 0.5) is 5.82 Å². The Morgan fingerprint density at radius 1 is 1.44 bits per heavy atom. The molecule has 1 aliphatic rings. The molecule has 0 amide bonds. The van der Waals surface area contributed by atoms with Crippen LogP contribution in [0.2, 0.25) is 0 Å². The largest absolute Gasteiger partial charge is 0.356 e. The van der Waals surface area contributed by atoms with Crippen LogP contribution in [0.3, 0.4) is 0 Å². The maximum atomic E-state index is 4.49. The van der Waals surface area contributed by atoms with E-state index in [4.69, 9.17) is 0 Å². The number of hydrogen-bond acceptors (Lipinski definition) is 4. The van der Waals surface area contributed by atoms with Gasteiger partial charge in [-0.1, -0.05) is 13.8 Å². The molecule has 0 aromatic carbocycles. The first-order valence-electron chi connectivity index (χ1n) is 6.72. The third kappa shape index (κ3) is 1.94. The van der Waals surface area contributed by atoms with E-state index >= 15 is 0 Å². The van der Waals surface area contributed by atoms with Crippen molar-refractivity contribution in [1.29, 1.82) is 0 Å². The Morgan fingerprint density at radius 3 is 3.11 bits per heavy atom. The van der Waals surface area contributed by atoms with Crippen molar-refractivity contribution in [3.8, 4) is 0 Å². The van der Waals surface area contributed by atoms with Gasteiger partial charge in [-0.2, -0.15) is 14.6 Å². The van der Waals surface area contributed by atoms with Gasteiger partial charge in [0.25, 0.3) is 5.78 Å². The van der Waals surface area contributed by atoms with Crippen molar-refractivity contribution in [2.24, 2.45) is 5.92 Å². The highest BCUT2D eigenvalue weighted by Gasteiger charge is 2.20. The van der Waals surface area contributed by atoms with Gasteiger partial charge in [0.1, 0.15) is 12.1 Å². The summed E-state index contributed by atoms with van der Waals surface area (Å²) in [5, 5.41) is 4.30. The number of aryl methyl sites for hydroxylation is 1. The number of nitrogens with zero attached hydrogens (tertiary/aromatic N) is 5. The van der Waals surface area contributed by atoms with Gasteiger partial charge < -0.3 is 4.90 Å². The number of hydrogen-bond donors (Lipinski definition) is 0. The predicted molar refractivity (Wildman–Crippen MR) is 70.8 cm³/mol. The molecule has 1 atom stereocenters. The summed E-state index contributed by atoms with van der Waals surface area (Å²) in [6.45, 7) is 6.64. The minimum Gasteiger partial charge on any atom is -0.356 e. The molecule has 18 heavy (non-hydrogen) atoms. The molecule has 2 aromatic rings. The van der Waals surface area contributed by atoms with Crippen molar-refractivity contribution in [2.75, 3.05) is 18.0 Å². The third-order valence-electron chi connectivity index (χ3n) is 3.63. The number of fused-ring (bicyclic) bond motifs is 1. The zero-order chi connectivity index (χ0) is 12.5. The third-order valence-corrected chi connectivity index (χ3v) is 3.63. The van der Waals surface area contributed by atoms with E-state index in [9.17, 15) is 0 Å². The van der Waals surface area contributed by atoms with E-state index in [-0.39, 0.29) is 0 Å². The number of anilines is 1. The molecule has 0 radical (unpaired) electrons. The van der Waals surface area contributed by atoms with E-state index in [0.717, 1.165) is 36.9 Å². The molecule has 1 unspecified atom stereocenters. The lowest BCUT2D eigenvalue weighted by atomic mass is 10.0. The minimum absolute atomic E-state index is 0.711.